The van der Waals surface area contributed by atoms with Crippen molar-refractivity contribution in [2.24, 2.45) is 0 Å². The Hall–Kier alpha value is -2.57. The van der Waals surface area contributed by atoms with Gasteiger partial charge in [0.25, 0.3) is 5.91 Å². The molecule has 0 radical (unpaired) electrons. The first-order chi connectivity index (χ1) is 18.1. The number of nitrogens with one attached hydrogen (secondary N) is 1. The highest BCUT2D eigenvalue weighted by molar-refractivity contribution is 5.99. The van der Waals surface area contributed by atoms with Gasteiger partial charge in [0.15, 0.2) is 0 Å². The fraction of sp³-hybridized carbons (Fsp3) is 0.700. The zero-order chi connectivity index (χ0) is 26.7. The van der Waals surface area contributed by atoms with Crippen LogP contribution in [0.15, 0.2) is 24.3 Å². The molecule has 0 aliphatic carbocycles. The van der Waals surface area contributed by atoms with E-state index in [1.807, 2.05) is 0 Å². The maximum absolute atomic E-state index is 13.2. The van der Waals surface area contributed by atoms with Gasteiger partial charge in [-0.05, 0) is 37.1 Å². The first kappa shape index (κ1) is 30.7. The summed E-state index contributed by atoms with van der Waals surface area (Å²) in [4.78, 5) is 39.6. The van der Waals surface area contributed by atoms with Gasteiger partial charge in [0.2, 0.25) is 5.91 Å². The third kappa shape index (κ3) is 12.0. The van der Waals surface area contributed by atoms with Crippen LogP contribution in [0.5, 0.6) is 5.75 Å². The fourth-order valence-corrected chi connectivity index (χ4v) is 4.55. The molecular formula is C30H48N2O5. The van der Waals surface area contributed by atoms with E-state index < -0.39 is 12.0 Å². The van der Waals surface area contributed by atoms with Gasteiger partial charge in [-0.1, -0.05) is 84.5 Å². The predicted octanol–water partition coefficient (Wildman–Crippen LogP) is 6.05. The Bertz CT molecular complexity index is 796. The first-order valence-corrected chi connectivity index (χ1v) is 14.5. The van der Waals surface area contributed by atoms with Crippen LogP contribution in [0.2, 0.25) is 0 Å². The van der Waals surface area contributed by atoms with Crippen LogP contribution in [-0.4, -0.2) is 55.0 Å². The van der Waals surface area contributed by atoms with Crippen molar-refractivity contribution in [2.45, 2.75) is 110 Å². The highest BCUT2D eigenvalue weighted by Crippen LogP contribution is 2.18. The van der Waals surface area contributed by atoms with Crippen molar-refractivity contribution in [1.29, 1.82) is 0 Å². The molecule has 1 heterocycles. The molecule has 7 nitrogen and oxygen atoms in total. The number of ether oxygens (including phenoxy) is 2. The predicted molar refractivity (Wildman–Crippen MR) is 147 cm³/mol. The summed E-state index contributed by atoms with van der Waals surface area (Å²) in [5.41, 5.74) is 0.474. The molecule has 1 aliphatic heterocycles. The molecule has 1 fully saturated rings. The van der Waals surface area contributed by atoms with E-state index in [4.69, 9.17) is 9.47 Å². The summed E-state index contributed by atoms with van der Waals surface area (Å²) in [6.07, 6.45) is 15.1. The summed E-state index contributed by atoms with van der Waals surface area (Å²) in [6, 6.07) is 6.16. The number of rotatable bonds is 19. The lowest BCUT2D eigenvalue weighted by molar-refractivity contribution is -0.147. The highest BCUT2D eigenvalue weighted by Gasteiger charge is 2.35. The van der Waals surface area contributed by atoms with Gasteiger partial charge in [0.1, 0.15) is 11.8 Å². The van der Waals surface area contributed by atoms with Crippen molar-refractivity contribution in [1.82, 2.24) is 10.2 Å². The molecule has 208 valence electrons. The zero-order valence-corrected chi connectivity index (χ0v) is 23.1. The summed E-state index contributed by atoms with van der Waals surface area (Å²) < 4.78 is 11.2. The van der Waals surface area contributed by atoms with Crippen LogP contribution < -0.4 is 10.1 Å². The Morgan fingerprint density at radius 1 is 0.838 bits per heavy atom. The van der Waals surface area contributed by atoms with Crippen LogP contribution in [0.25, 0.3) is 0 Å². The number of unbranched alkanes of at least 4 members (excludes halogenated alkanes) is 11. The van der Waals surface area contributed by atoms with Crippen molar-refractivity contribution in [3.8, 4) is 5.75 Å². The van der Waals surface area contributed by atoms with Crippen molar-refractivity contribution in [3.63, 3.8) is 0 Å². The van der Waals surface area contributed by atoms with Gasteiger partial charge >= 0.3 is 5.97 Å². The van der Waals surface area contributed by atoms with E-state index in [1.165, 1.54) is 56.3 Å². The van der Waals surface area contributed by atoms with E-state index in [0.717, 1.165) is 37.9 Å². The van der Waals surface area contributed by atoms with E-state index in [1.54, 1.807) is 24.3 Å². The quantitative estimate of drug-likeness (QED) is 0.179. The minimum Gasteiger partial charge on any atom is -0.494 e. The summed E-state index contributed by atoms with van der Waals surface area (Å²) in [7, 11) is 0. The Balaban J connectivity index is 1.76. The molecule has 0 saturated carbocycles. The second-order valence-corrected chi connectivity index (χ2v) is 9.99. The van der Waals surface area contributed by atoms with Gasteiger partial charge in [-0.15, -0.1) is 0 Å². The van der Waals surface area contributed by atoms with E-state index >= 15 is 0 Å². The molecule has 1 aromatic carbocycles. The van der Waals surface area contributed by atoms with Crippen LogP contribution in [0, 0.1) is 0 Å². The molecule has 1 aliphatic rings. The molecule has 2 amide bonds. The average molecular weight is 517 g/mol. The summed E-state index contributed by atoms with van der Waals surface area (Å²) in [5.74, 6) is -0.288. The number of nitrogens with zero attached hydrogens (tertiary/aromatic N) is 1. The standard InChI is InChI=1S/C30H48N2O5/c1-3-5-7-9-10-11-13-15-23-37-28(33)24-27-29(34)31-20-21-32(27)30(35)25-16-18-26(19-17-25)36-22-14-12-8-6-4-2/h16-19,27H,3-15,20-24H2,1-2H3,(H,31,34). The van der Waals surface area contributed by atoms with Crippen LogP contribution in [0.4, 0.5) is 0 Å². The smallest absolute Gasteiger partial charge is 0.308 e. The van der Waals surface area contributed by atoms with Crippen LogP contribution in [-0.2, 0) is 14.3 Å². The van der Waals surface area contributed by atoms with Gasteiger partial charge in [-0.2, -0.15) is 0 Å². The minimum atomic E-state index is -0.855. The molecule has 1 saturated heterocycles. The number of carbonyl (C=O) groups excluding carboxylic acids is 3. The van der Waals surface area contributed by atoms with E-state index in [9.17, 15) is 14.4 Å². The Morgan fingerprint density at radius 2 is 1.41 bits per heavy atom. The van der Waals surface area contributed by atoms with Crippen LogP contribution in [0.3, 0.4) is 0 Å². The molecule has 1 N–H and O–H groups in total. The number of amides is 2. The van der Waals surface area contributed by atoms with E-state index in [2.05, 4.69) is 19.2 Å². The third-order valence-electron chi connectivity index (χ3n) is 6.83. The fourth-order valence-electron chi connectivity index (χ4n) is 4.55. The number of piperazine rings is 1. The second kappa shape index (κ2) is 18.6. The molecule has 1 aromatic rings. The number of hydrogen-bond acceptors (Lipinski definition) is 5. The molecule has 7 heteroatoms. The Morgan fingerprint density at radius 3 is 2.03 bits per heavy atom. The van der Waals surface area contributed by atoms with Crippen molar-refractivity contribution in [2.75, 3.05) is 26.3 Å². The van der Waals surface area contributed by atoms with Gasteiger partial charge in [0.05, 0.1) is 19.6 Å². The maximum atomic E-state index is 13.2. The molecular weight excluding hydrogens is 468 g/mol. The molecule has 1 atom stereocenters. The topological polar surface area (TPSA) is 84.9 Å². The lowest BCUT2D eigenvalue weighted by atomic mass is 10.1. The SMILES string of the molecule is CCCCCCCCCCOC(=O)CC1C(=O)NCCN1C(=O)c1ccc(OCCCCCCC)cc1. The third-order valence-corrected chi connectivity index (χ3v) is 6.83. The second-order valence-electron chi connectivity index (χ2n) is 9.99. The largest absolute Gasteiger partial charge is 0.494 e. The monoisotopic (exact) mass is 516 g/mol. The molecule has 0 aromatic heterocycles. The zero-order valence-electron chi connectivity index (χ0n) is 23.1. The summed E-state index contributed by atoms with van der Waals surface area (Å²) in [6.45, 7) is 6.15. The van der Waals surface area contributed by atoms with Gasteiger partial charge in [-0.3, -0.25) is 14.4 Å². The van der Waals surface area contributed by atoms with E-state index in [-0.39, 0.29) is 18.2 Å². The van der Waals surface area contributed by atoms with Crippen LogP contribution >= 0.6 is 0 Å². The van der Waals surface area contributed by atoms with Gasteiger partial charge in [0, 0.05) is 18.7 Å². The first-order valence-electron chi connectivity index (χ1n) is 14.5. The van der Waals surface area contributed by atoms with Crippen LogP contribution in [0.1, 0.15) is 114 Å². The number of benzene rings is 1. The number of hydrogen-bond donors (Lipinski definition) is 1. The number of esters is 1. The lowest BCUT2D eigenvalue weighted by Crippen LogP contribution is -2.57. The van der Waals surface area contributed by atoms with Gasteiger partial charge in [-0.25, -0.2) is 0 Å². The molecule has 0 bridgehead atoms. The van der Waals surface area contributed by atoms with E-state index in [0.29, 0.717) is 31.9 Å². The Kier molecular flexibility index (Phi) is 15.4. The molecule has 1 unspecified atom stereocenters. The average Bonchev–Trinajstić information content (AvgIpc) is 2.91. The molecule has 2 rings (SSSR count). The lowest BCUT2D eigenvalue weighted by Gasteiger charge is -2.34. The van der Waals surface area contributed by atoms with Crippen molar-refractivity contribution >= 4 is 17.8 Å². The van der Waals surface area contributed by atoms with Crippen molar-refractivity contribution in [3.05, 3.63) is 29.8 Å². The highest BCUT2D eigenvalue weighted by atomic mass is 16.5. The number of carbonyl (C=O) groups is 3. The van der Waals surface area contributed by atoms with Gasteiger partial charge < -0.3 is 19.7 Å². The normalized spacial score (nSPS) is 15.4. The molecule has 37 heavy (non-hydrogen) atoms. The summed E-state index contributed by atoms with van der Waals surface area (Å²) >= 11 is 0. The Labute approximate surface area is 223 Å². The maximum Gasteiger partial charge on any atom is 0.308 e. The van der Waals surface area contributed by atoms with Crippen molar-refractivity contribution < 1.29 is 23.9 Å². The summed E-state index contributed by atoms with van der Waals surface area (Å²) in [5, 5.41) is 2.77. The molecule has 0 spiro atoms. The minimum absolute atomic E-state index is 0.131.